The van der Waals surface area contributed by atoms with Crippen molar-refractivity contribution in [2.24, 2.45) is 46.8 Å². The van der Waals surface area contributed by atoms with Crippen molar-refractivity contribution >= 4 is 6.29 Å². The van der Waals surface area contributed by atoms with Gasteiger partial charge in [-0.25, -0.2) is 0 Å². The Morgan fingerprint density at radius 2 is 1.92 bits per heavy atom. The third kappa shape index (κ3) is 4.35. The van der Waals surface area contributed by atoms with E-state index in [1.807, 2.05) is 0 Å². The number of hydrogen-bond acceptors (Lipinski definition) is 6. The summed E-state index contributed by atoms with van der Waals surface area (Å²) >= 11 is 0. The maximum Gasteiger partial charge on any atom is 0.186 e. The Hall–Kier alpha value is -1.05. The smallest absolute Gasteiger partial charge is 0.186 e. The predicted octanol–water partition coefficient (Wildman–Crippen LogP) is 4.03. The lowest BCUT2D eigenvalue weighted by atomic mass is 9.55. The zero-order chi connectivity index (χ0) is 25.9. The van der Waals surface area contributed by atoms with Crippen LogP contribution in [0.1, 0.15) is 73.1 Å². The molecule has 202 valence electrons. The van der Waals surface area contributed by atoms with Crippen molar-refractivity contribution in [1.82, 2.24) is 0 Å². The summed E-state index contributed by atoms with van der Waals surface area (Å²) in [5.74, 6) is 3.30. The number of aldehydes is 1. The number of fused-ring (bicyclic) bond motifs is 3. The van der Waals surface area contributed by atoms with Crippen LogP contribution in [-0.2, 0) is 14.3 Å². The van der Waals surface area contributed by atoms with E-state index in [9.17, 15) is 20.1 Å². The quantitative estimate of drug-likeness (QED) is 0.397. The van der Waals surface area contributed by atoms with Crippen LogP contribution in [0, 0.1) is 46.8 Å². The van der Waals surface area contributed by atoms with Gasteiger partial charge in [0.1, 0.15) is 24.6 Å². The van der Waals surface area contributed by atoms with Crippen LogP contribution in [0.15, 0.2) is 22.8 Å². The Balaban J connectivity index is 1.43. The maximum atomic E-state index is 12.4. The summed E-state index contributed by atoms with van der Waals surface area (Å²) in [6, 6.07) is 0. The van der Waals surface area contributed by atoms with E-state index in [-0.39, 0.29) is 18.6 Å². The van der Waals surface area contributed by atoms with Crippen LogP contribution in [0.4, 0.5) is 0 Å². The molecule has 5 rings (SSSR count). The van der Waals surface area contributed by atoms with Crippen LogP contribution in [0.3, 0.4) is 0 Å². The minimum Gasteiger partial charge on any atom is -0.388 e. The molecule has 4 unspecified atom stereocenters. The van der Waals surface area contributed by atoms with Gasteiger partial charge in [-0.05, 0) is 97.9 Å². The maximum absolute atomic E-state index is 12.4. The molecular formula is C30H46O6. The molecule has 1 heterocycles. The Morgan fingerprint density at radius 3 is 2.61 bits per heavy atom. The van der Waals surface area contributed by atoms with E-state index < -0.39 is 24.6 Å². The molecule has 4 fully saturated rings. The molecular weight excluding hydrogens is 456 g/mol. The van der Waals surface area contributed by atoms with Gasteiger partial charge < -0.3 is 24.8 Å². The highest BCUT2D eigenvalue weighted by Gasteiger charge is 2.54. The van der Waals surface area contributed by atoms with Crippen molar-refractivity contribution in [3.05, 3.63) is 22.8 Å². The van der Waals surface area contributed by atoms with Crippen molar-refractivity contribution in [2.75, 3.05) is 6.61 Å². The largest absolute Gasteiger partial charge is 0.388 e. The molecule has 6 heteroatoms. The first-order valence-corrected chi connectivity index (χ1v) is 14.2. The van der Waals surface area contributed by atoms with E-state index in [0.29, 0.717) is 35.0 Å². The molecule has 0 amide bonds. The van der Waals surface area contributed by atoms with Crippen LogP contribution in [0.2, 0.25) is 0 Å². The van der Waals surface area contributed by atoms with Crippen LogP contribution in [0.25, 0.3) is 0 Å². The molecule has 0 aromatic carbocycles. The third-order valence-corrected chi connectivity index (χ3v) is 11.1. The second kappa shape index (κ2) is 9.92. The van der Waals surface area contributed by atoms with E-state index in [2.05, 4.69) is 40.7 Å². The highest BCUT2D eigenvalue weighted by atomic mass is 16.7. The van der Waals surface area contributed by atoms with Gasteiger partial charge in [-0.2, -0.15) is 0 Å². The number of aliphatic hydroxyl groups excluding tert-OH is 3. The summed E-state index contributed by atoms with van der Waals surface area (Å²) in [4.78, 5) is 12.4. The minimum atomic E-state index is -1.28. The van der Waals surface area contributed by atoms with Crippen LogP contribution in [0.5, 0.6) is 0 Å². The lowest BCUT2D eigenvalue weighted by Crippen LogP contribution is -2.54. The Morgan fingerprint density at radius 1 is 1.17 bits per heavy atom. The average molecular weight is 503 g/mol. The van der Waals surface area contributed by atoms with E-state index in [0.717, 1.165) is 43.5 Å². The molecule has 3 N–H and O–H groups in total. The minimum absolute atomic E-state index is 0.0541. The monoisotopic (exact) mass is 502 g/mol. The number of hydrogen-bond donors (Lipinski definition) is 3. The Kier molecular flexibility index (Phi) is 7.32. The summed E-state index contributed by atoms with van der Waals surface area (Å²) in [7, 11) is 0. The summed E-state index contributed by atoms with van der Waals surface area (Å²) in [5.41, 5.74) is 4.21. The predicted molar refractivity (Wildman–Crippen MR) is 137 cm³/mol. The number of carbonyl (C=O) groups is 1. The molecule has 5 aliphatic rings. The normalized spacial score (nSPS) is 52.6. The first-order valence-electron chi connectivity index (χ1n) is 14.2. The average Bonchev–Trinajstić information content (AvgIpc) is 3.34. The lowest BCUT2D eigenvalue weighted by Gasteiger charge is -2.49. The van der Waals surface area contributed by atoms with Gasteiger partial charge in [0, 0.05) is 0 Å². The van der Waals surface area contributed by atoms with Crippen molar-refractivity contribution in [3.63, 3.8) is 0 Å². The molecule has 12 atom stereocenters. The molecule has 0 aromatic heterocycles. The van der Waals surface area contributed by atoms with Gasteiger partial charge in [0.2, 0.25) is 0 Å². The van der Waals surface area contributed by atoms with Gasteiger partial charge in [0.05, 0.1) is 12.7 Å². The first-order chi connectivity index (χ1) is 17.1. The van der Waals surface area contributed by atoms with Crippen LogP contribution >= 0.6 is 0 Å². The molecule has 6 nitrogen and oxygen atoms in total. The fourth-order valence-electron chi connectivity index (χ4n) is 8.79. The highest BCUT2D eigenvalue weighted by molar-refractivity contribution is 5.74. The molecule has 1 saturated heterocycles. The van der Waals surface area contributed by atoms with Gasteiger partial charge >= 0.3 is 0 Å². The van der Waals surface area contributed by atoms with Crippen molar-refractivity contribution in [3.8, 4) is 0 Å². The Bertz CT molecular complexity index is 909. The fraction of sp³-hybridized carbons (Fsp3) is 0.833. The van der Waals surface area contributed by atoms with Crippen LogP contribution in [-0.4, -0.2) is 58.9 Å². The number of rotatable bonds is 4. The number of ether oxygens (including phenoxy) is 2. The van der Waals surface area contributed by atoms with Crippen LogP contribution < -0.4 is 0 Å². The third-order valence-electron chi connectivity index (χ3n) is 11.1. The van der Waals surface area contributed by atoms with Gasteiger partial charge in [-0.15, -0.1) is 0 Å². The van der Waals surface area contributed by atoms with Gasteiger partial charge in [0.15, 0.2) is 6.29 Å². The molecule has 36 heavy (non-hydrogen) atoms. The summed E-state index contributed by atoms with van der Waals surface area (Å²) in [6.07, 6.45) is 5.03. The van der Waals surface area contributed by atoms with Crippen molar-refractivity contribution in [2.45, 2.75) is 104 Å². The first kappa shape index (κ1) is 26.6. The lowest BCUT2D eigenvalue weighted by molar-refractivity contribution is -0.285. The summed E-state index contributed by atoms with van der Waals surface area (Å²) in [6.45, 7) is 11.7. The van der Waals surface area contributed by atoms with Gasteiger partial charge in [-0.1, -0.05) is 44.9 Å². The fourth-order valence-corrected chi connectivity index (χ4v) is 8.79. The second-order valence-corrected chi connectivity index (χ2v) is 13.2. The summed E-state index contributed by atoms with van der Waals surface area (Å²) in [5, 5.41) is 30.4. The topological polar surface area (TPSA) is 96.2 Å². The van der Waals surface area contributed by atoms with Gasteiger partial charge in [0.25, 0.3) is 0 Å². The SMILES string of the molecule is C/C1=C2\C[C@H](OC3OCC(O)C(O)C3O)[C@@H](C)[C@@H]2C/C=C(/C=O)[C@H]2C[C@@]3(C)CC[C@@H](C(C)C)[C@@H]3C[C@H]12. The Labute approximate surface area is 216 Å². The van der Waals surface area contributed by atoms with Crippen molar-refractivity contribution < 1.29 is 29.6 Å². The molecule has 0 spiro atoms. The van der Waals surface area contributed by atoms with E-state index in [4.69, 9.17) is 9.47 Å². The van der Waals surface area contributed by atoms with E-state index >= 15 is 0 Å². The highest BCUT2D eigenvalue weighted by Crippen LogP contribution is 2.62. The van der Waals surface area contributed by atoms with E-state index in [1.165, 1.54) is 24.0 Å². The van der Waals surface area contributed by atoms with E-state index in [1.54, 1.807) is 0 Å². The molecule has 3 saturated carbocycles. The second-order valence-electron chi connectivity index (χ2n) is 13.2. The zero-order valence-electron chi connectivity index (χ0n) is 22.6. The standard InChI is InChI=1S/C30H46O6/c1-15(2)19-8-9-30(5)12-23-18(13-31)6-7-20-17(4)26(11-22(20)16(3)21(23)10-24(19)30)36-29-28(34)27(33)25(32)14-35-29/h6,13,15,17,19-21,23-29,32-34H,7-12,14H2,1-5H3/b18-6-,22-16-/t17-,19-,20-,21+,23+,24-,25?,26-,27?,28?,29?,30+/m0/s1. The summed E-state index contributed by atoms with van der Waals surface area (Å²) < 4.78 is 11.8. The molecule has 0 aromatic rings. The molecule has 1 aliphatic heterocycles. The number of allylic oxidation sites excluding steroid dienone is 3. The molecule has 0 radical (unpaired) electrons. The zero-order valence-corrected chi connectivity index (χ0v) is 22.6. The van der Waals surface area contributed by atoms with Crippen molar-refractivity contribution in [1.29, 1.82) is 0 Å². The number of aliphatic hydroxyl groups is 3. The molecule has 4 aliphatic carbocycles. The van der Waals surface area contributed by atoms with Gasteiger partial charge in [-0.3, -0.25) is 4.79 Å². The number of carbonyl (C=O) groups excluding carboxylic acids is 1. The molecule has 0 bridgehead atoms.